The van der Waals surface area contributed by atoms with Gasteiger partial charge in [-0.05, 0) is 43.1 Å². The van der Waals surface area contributed by atoms with Crippen molar-refractivity contribution in [3.63, 3.8) is 0 Å². The standard InChI is InChI=1S/C17H26O2/c1-13(2)10-11-19-17-12-15(8-9-16(17)18)14-6-4-3-5-7-14/h3-7,13,15-18H,8-12H2,1-2H3. The van der Waals surface area contributed by atoms with Crippen molar-refractivity contribution in [2.45, 2.75) is 57.7 Å². The SMILES string of the molecule is CC(C)CCOC1CC(c2ccccc2)CCC1O. The second-order valence-electron chi connectivity index (χ2n) is 6.08. The minimum atomic E-state index is -0.285. The first-order valence-corrected chi connectivity index (χ1v) is 7.51. The number of aliphatic hydroxyl groups is 1. The summed E-state index contributed by atoms with van der Waals surface area (Å²) in [5.74, 6) is 1.19. The summed E-state index contributed by atoms with van der Waals surface area (Å²) in [5, 5.41) is 10.1. The van der Waals surface area contributed by atoms with Gasteiger partial charge in [0, 0.05) is 6.61 Å². The highest BCUT2D eigenvalue weighted by Gasteiger charge is 2.30. The molecular weight excluding hydrogens is 236 g/mol. The lowest BCUT2D eigenvalue weighted by atomic mass is 9.81. The Labute approximate surface area is 116 Å². The minimum absolute atomic E-state index is 0.0118. The Bertz CT molecular complexity index is 361. The van der Waals surface area contributed by atoms with Crippen molar-refractivity contribution < 1.29 is 9.84 Å². The molecule has 19 heavy (non-hydrogen) atoms. The molecule has 0 spiro atoms. The second-order valence-corrected chi connectivity index (χ2v) is 6.08. The Balaban J connectivity index is 1.89. The van der Waals surface area contributed by atoms with Gasteiger partial charge < -0.3 is 9.84 Å². The van der Waals surface area contributed by atoms with E-state index in [-0.39, 0.29) is 12.2 Å². The van der Waals surface area contributed by atoms with E-state index < -0.39 is 0 Å². The lowest BCUT2D eigenvalue weighted by Crippen LogP contribution is -2.35. The lowest BCUT2D eigenvalue weighted by Gasteiger charge is -2.33. The maximum absolute atomic E-state index is 10.1. The average Bonchev–Trinajstić information content (AvgIpc) is 2.41. The molecule has 1 aromatic carbocycles. The molecule has 1 aliphatic carbocycles. The minimum Gasteiger partial charge on any atom is -0.390 e. The fraction of sp³-hybridized carbons (Fsp3) is 0.647. The molecule has 0 radical (unpaired) electrons. The van der Waals surface area contributed by atoms with Crippen LogP contribution in [0.4, 0.5) is 0 Å². The van der Waals surface area contributed by atoms with Crippen molar-refractivity contribution in [2.75, 3.05) is 6.61 Å². The molecule has 0 aromatic heterocycles. The second kappa shape index (κ2) is 7.06. The van der Waals surface area contributed by atoms with Crippen molar-refractivity contribution in [3.05, 3.63) is 35.9 Å². The third-order valence-corrected chi connectivity index (χ3v) is 4.05. The largest absolute Gasteiger partial charge is 0.390 e. The van der Waals surface area contributed by atoms with Gasteiger partial charge in [-0.15, -0.1) is 0 Å². The van der Waals surface area contributed by atoms with Gasteiger partial charge in [0.2, 0.25) is 0 Å². The van der Waals surface area contributed by atoms with Crippen LogP contribution in [-0.4, -0.2) is 23.9 Å². The molecule has 106 valence electrons. The van der Waals surface area contributed by atoms with E-state index in [9.17, 15) is 5.11 Å². The molecule has 2 rings (SSSR count). The third kappa shape index (κ3) is 4.32. The van der Waals surface area contributed by atoms with Gasteiger partial charge in [0.1, 0.15) is 0 Å². The average molecular weight is 262 g/mol. The summed E-state index contributed by atoms with van der Waals surface area (Å²) >= 11 is 0. The fourth-order valence-corrected chi connectivity index (χ4v) is 2.78. The van der Waals surface area contributed by atoms with Crippen molar-refractivity contribution in [1.29, 1.82) is 0 Å². The summed E-state index contributed by atoms with van der Waals surface area (Å²) < 4.78 is 5.91. The summed E-state index contributed by atoms with van der Waals surface area (Å²) in [7, 11) is 0. The van der Waals surface area contributed by atoms with Gasteiger partial charge in [-0.25, -0.2) is 0 Å². The molecule has 0 heterocycles. The van der Waals surface area contributed by atoms with Crippen molar-refractivity contribution >= 4 is 0 Å². The van der Waals surface area contributed by atoms with E-state index in [0.29, 0.717) is 11.8 Å². The van der Waals surface area contributed by atoms with Gasteiger partial charge in [0.05, 0.1) is 12.2 Å². The molecule has 3 unspecified atom stereocenters. The summed E-state index contributed by atoms with van der Waals surface area (Å²) in [6.07, 6.45) is 3.66. The van der Waals surface area contributed by atoms with Gasteiger partial charge >= 0.3 is 0 Å². The molecule has 1 N–H and O–H groups in total. The van der Waals surface area contributed by atoms with Gasteiger partial charge in [-0.1, -0.05) is 44.2 Å². The van der Waals surface area contributed by atoms with Crippen molar-refractivity contribution in [3.8, 4) is 0 Å². The molecule has 1 saturated carbocycles. The summed E-state index contributed by atoms with van der Waals surface area (Å²) in [6, 6.07) is 10.6. The van der Waals surface area contributed by atoms with Crippen LogP contribution in [0.3, 0.4) is 0 Å². The number of hydrogen-bond acceptors (Lipinski definition) is 2. The van der Waals surface area contributed by atoms with E-state index in [1.807, 2.05) is 0 Å². The van der Waals surface area contributed by atoms with Crippen LogP contribution in [0.1, 0.15) is 51.0 Å². The predicted molar refractivity (Wildman–Crippen MR) is 78.2 cm³/mol. The number of benzene rings is 1. The smallest absolute Gasteiger partial charge is 0.0839 e. The van der Waals surface area contributed by atoms with Crippen LogP contribution in [0.15, 0.2) is 30.3 Å². The van der Waals surface area contributed by atoms with Gasteiger partial charge in [-0.2, -0.15) is 0 Å². The first kappa shape index (κ1) is 14.5. The van der Waals surface area contributed by atoms with E-state index in [1.54, 1.807) is 0 Å². The molecule has 0 amide bonds. The van der Waals surface area contributed by atoms with Gasteiger partial charge in [0.15, 0.2) is 0 Å². The maximum atomic E-state index is 10.1. The lowest BCUT2D eigenvalue weighted by molar-refractivity contribution is -0.0657. The number of aliphatic hydroxyl groups excluding tert-OH is 1. The van der Waals surface area contributed by atoms with Crippen LogP contribution in [0.5, 0.6) is 0 Å². The topological polar surface area (TPSA) is 29.5 Å². The summed E-state index contributed by atoms with van der Waals surface area (Å²) in [5.41, 5.74) is 1.38. The first-order valence-electron chi connectivity index (χ1n) is 7.51. The Kier molecular flexibility index (Phi) is 5.41. The van der Waals surface area contributed by atoms with Crippen molar-refractivity contribution in [2.24, 2.45) is 5.92 Å². The third-order valence-electron chi connectivity index (χ3n) is 4.05. The van der Waals surface area contributed by atoms with E-state index in [0.717, 1.165) is 32.3 Å². The molecule has 2 heteroatoms. The van der Waals surface area contributed by atoms with E-state index in [2.05, 4.69) is 44.2 Å². The molecular formula is C17H26O2. The number of hydrogen-bond donors (Lipinski definition) is 1. The molecule has 0 bridgehead atoms. The van der Waals surface area contributed by atoms with Gasteiger partial charge in [0.25, 0.3) is 0 Å². The zero-order chi connectivity index (χ0) is 13.7. The van der Waals surface area contributed by atoms with Crippen LogP contribution in [0.2, 0.25) is 0 Å². The Hall–Kier alpha value is -0.860. The normalized spacial score (nSPS) is 27.7. The number of ether oxygens (including phenoxy) is 1. The first-order chi connectivity index (χ1) is 9.16. The van der Waals surface area contributed by atoms with Crippen LogP contribution in [-0.2, 0) is 4.74 Å². The highest BCUT2D eigenvalue weighted by Crippen LogP contribution is 2.34. The zero-order valence-corrected chi connectivity index (χ0v) is 12.1. The molecule has 3 atom stereocenters. The fourth-order valence-electron chi connectivity index (χ4n) is 2.78. The maximum Gasteiger partial charge on any atom is 0.0839 e. The molecule has 1 fully saturated rings. The predicted octanol–water partition coefficient (Wildman–Crippen LogP) is 3.75. The molecule has 2 nitrogen and oxygen atoms in total. The van der Waals surface area contributed by atoms with Crippen molar-refractivity contribution in [1.82, 2.24) is 0 Å². The summed E-state index contributed by atoms with van der Waals surface area (Å²) in [4.78, 5) is 0. The van der Waals surface area contributed by atoms with Crippen LogP contribution in [0.25, 0.3) is 0 Å². The van der Waals surface area contributed by atoms with Crippen LogP contribution in [0, 0.1) is 5.92 Å². The summed E-state index contributed by atoms with van der Waals surface area (Å²) in [6.45, 7) is 5.17. The highest BCUT2D eigenvalue weighted by atomic mass is 16.5. The molecule has 1 aromatic rings. The Morgan fingerprint density at radius 1 is 1.21 bits per heavy atom. The van der Waals surface area contributed by atoms with E-state index in [4.69, 9.17) is 4.74 Å². The van der Waals surface area contributed by atoms with Crippen LogP contribution >= 0.6 is 0 Å². The van der Waals surface area contributed by atoms with E-state index in [1.165, 1.54) is 5.56 Å². The Morgan fingerprint density at radius 3 is 2.63 bits per heavy atom. The monoisotopic (exact) mass is 262 g/mol. The molecule has 0 saturated heterocycles. The van der Waals surface area contributed by atoms with Crippen LogP contribution < -0.4 is 0 Å². The number of rotatable bonds is 5. The quantitative estimate of drug-likeness (QED) is 0.875. The van der Waals surface area contributed by atoms with E-state index >= 15 is 0 Å². The Morgan fingerprint density at radius 2 is 1.95 bits per heavy atom. The molecule has 0 aliphatic heterocycles. The highest BCUT2D eigenvalue weighted by molar-refractivity contribution is 5.20. The van der Waals surface area contributed by atoms with Gasteiger partial charge in [-0.3, -0.25) is 0 Å². The molecule has 1 aliphatic rings. The zero-order valence-electron chi connectivity index (χ0n) is 12.1.